The average Bonchev–Trinajstić information content (AvgIpc) is 3.53. The highest BCUT2D eigenvalue weighted by atomic mass is 16.5. The SMILES string of the molecule is CCCCN1C(=O)N[C@H](c2ccc(NC(=O)C3CC3)cc2)C(C(=O)OC)=C1C. The second kappa shape index (κ2) is 8.46. The second-order valence-electron chi connectivity index (χ2n) is 7.26. The molecule has 0 radical (unpaired) electrons. The van der Waals surface area contributed by atoms with Crippen molar-refractivity contribution in [1.82, 2.24) is 10.2 Å². The molecule has 0 unspecified atom stereocenters. The Bertz CT molecular complexity index is 796. The highest BCUT2D eigenvalue weighted by Crippen LogP contribution is 2.33. The van der Waals surface area contributed by atoms with Gasteiger partial charge in [0, 0.05) is 23.8 Å². The molecule has 1 saturated carbocycles. The molecule has 7 heteroatoms. The minimum atomic E-state index is -0.592. The van der Waals surface area contributed by atoms with Gasteiger partial charge < -0.3 is 15.4 Å². The number of hydrogen-bond acceptors (Lipinski definition) is 4. The molecule has 2 N–H and O–H groups in total. The standard InChI is InChI=1S/C21H27N3O4/c1-4-5-12-24-13(2)17(20(26)28-3)18(23-21(24)27)14-8-10-16(11-9-14)22-19(25)15-6-7-15/h8-11,15,18H,4-7,12H2,1-3H3,(H,22,25)(H,23,27)/t18-/m1/s1. The molecule has 1 heterocycles. The van der Waals surface area contributed by atoms with Crippen LogP contribution in [0.2, 0.25) is 0 Å². The number of nitrogens with zero attached hydrogens (tertiary/aromatic N) is 1. The third-order valence-electron chi connectivity index (χ3n) is 5.20. The number of carbonyl (C=O) groups is 3. The molecule has 0 bridgehead atoms. The lowest BCUT2D eigenvalue weighted by atomic mass is 9.94. The number of rotatable bonds is 7. The lowest BCUT2D eigenvalue weighted by Gasteiger charge is -2.35. The van der Waals surface area contributed by atoms with Crippen LogP contribution >= 0.6 is 0 Å². The van der Waals surface area contributed by atoms with E-state index in [2.05, 4.69) is 17.6 Å². The molecular weight excluding hydrogens is 358 g/mol. The van der Waals surface area contributed by atoms with Crippen LogP contribution < -0.4 is 10.6 Å². The minimum absolute atomic E-state index is 0.0382. The number of benzene rings is 1. The van der Waals surface area contributed by atoms with Gasteiger partial charge in [-0.25, -0.2) is 9.59 Å². The third-order valence-corrected chi connectivity index (χ3v) is 5.20. The molecule has 1 aliphatic carbocycles. The molecule has 150 valence electrons. The molecule has 0 spiro atoms. The Morgan fingerprint density at radius 3 is 2.50 bits per heavy atom. The lowest BCUT2D eigenvalue weighted by Crippen LogP contribution is -2.48. The van der Waals surface area contributed by atoms with Crippen LogP contribution in [0.4, 0.5) is 10.5 Å². The zero-order chi connectivity index (χ0) is 20.3. The van der Waals surface area contributed by atoms with Crippen LogP contribution in [-0.2, 0) is 14.3 Å². The van der Waals surface area contributed by atoms with Gasteiger partial charge in [-0.2, -0.15) is 0 Å². The van der Waals surface area contributed by atoms with Crippen LogP contribution in [0.1, 0.15) is 51.1 Å². The second-order valence-corrected chi connectivity index (χ2v) is 7.26. The summed E-state index contributed by atoms with van der Waals surface area (Å²) in [5.41, 5.74) is 2.49. The molecule has 1 aromatic carbocycles. The molecule has 28 heavy (non-hydrogen) atoms. The van der Waals surface area contributed by atoms with E-state index in [1.807, 2.05) is 12.1 Å². The molecule has 0 aromatic heterocycles. The van der Waals surface area contributed by atoms with Crippen molar-refractivity contribution in [2.24, 2.45) is 5.92 Å². The molecule has 1 fully saturated rings. The number of anilines is 1. The first-order chi connectivity index (χ1) is 13.5. The molecular formula is C21H27N3O4. The minimum Gasteiger partial charge on any atom is -0.466 e. The third kappa shape index (κ3) is 4.18. The quantitative estimate of drug-likeness (QED) is 0.705. The molecule has 7 nitrogen and oxygen atoms in total. The summed E-state index contributed by atoms with van der Waals surface area (Å²) in [6.45, 7) is 4.37. The molecule has 0 saturated heterocycles. The fraction of sp³-hybridized carbons (Fsp3) is 0.476. The van der Waals surface area contributed by atoms with Gasteiger partial charge in [-0.05, 0) is 43.9 Å². The number of hydrogen-bond donors (Lipinski definition) is 2. The summed E-state index contributed by atoms with van der Waals surface area (Å²) in [6.07, 6.45) is 3.68. The number of methoxy groups -OCH3 is 1. The Morgan fingerprint density at radius 2 is 1.93 bits per heavy atom. The Balaban J connectivity index is 1.86. The van der Waals surface area contributed by atoms with Crippen molar-refractivity contribution >= 4 is 23.6 Å². The van der Waals surface area contributed by atoms with Gasteiger partial charge in [0.15, 0.2) is 0 Å². The normalized spacial score (nSPS) is 19.3. The van der Waals surface area contributed by atoms with Gasteiger partial charge in [-0.3, -0.25) is 9.69 Å². The number of esters is 1. The molecule has 3 amide bonds. The summed E-state index contributed by atoms with van der Waals surface area (Å²) in [6, 6.07) is 6.38. The van der Waals surface area contributed by atoms with Crippen LogP contribution in [0.5, 0.6) is 0 Å². The van der Waals surface area contributed by atoms with Crippen LogP contribution in [-0.4, -0.2) is 36.5 Å². The van der Waals surface area contributed by atoms with E-state index in [0.717, 1.165) is 31.2 Å². The van der Waals surface area contributed by atoms with E-state index in [1.165, 1.54) is 7.11 Å². The number of amides is 3. The maximum atomic E-state index is 12.6. The van der Waals surface area contributed by atoms with E-state index >= 15 is 0 Å². The van der Waals surface area contributed by atoms with E-state index in [4.69, 9.17) is 4.74 Å². The molecule has 1 atom stereocenters. The van der Waals surface area contributed by atoms with Crippen LogP contribution in [0, 0.1) is 5.92 Å². The van der Waals surface area contributed by atoms with Gasteiger partial charge in [0.05, 0.1) is 18.7 Å². The van der Waals surface area contributed by atoms with E-state index in [1.54, 1.807) is 24.0 Å². The van der Waals surface area contributed by atoms with Gasteiger partial charge in [0.1, 0.15) is 0 Å². The average molecular weight is 385 g/mol. The highest BCUT2D eigenvalue weighted by Gasteiger charge is 2.36. The van der Waals surface area contributed by atoms with Crippen LogP contribution in [0.3, 0.4) is 0 Å². The van der Waals surface area contributed by atoms with Crippen molar-refractivity contribution in [3.8, 4) is 0 Å². The smallest absolute Gasteiger partial charge is 0.337 e. The number of allylic oxidation sites excluding steroid dienone is 1. The summed E-state index contributed by atoms with van der Waals surface area (Å²) in [7, 11) is 1.34. The Labute approximate surface area is 165 Å². The van der Waals surface area contributed by atoms with Gasteiger partial charge in [-0.1, -0.05) is 25.5 Å². The van der Waals surface area contributed by atoms with Gasteiger partial charge >= 0.3 is 12.0 Å². The summed E-state index contributed by atoms with van der Waals surface area (Å²) >= 11 is 0. The fourth-order valence-corrected chi connectivity index (χ4v) is 3.34. The van der Waals surface area contributed by atoms with Gasteiger partial charge in [-0.15, -0.1) is 0 Å². The number of unbranched alkanes of at least 4 members (excludes halogenated alkanes) is 1. The number of ether oxygens (including phenoxy) is 1. The first-order valence-corrected chi connectivity index (χ1v) is 9.74. The Morgan fingerprint density at radius 1 is 1.25 bits per heavy atom. The van der Waals surface area contributed by atoms with Crippen molar-refractivity contribution in [1.29, 1.82) is 0 Å². The van der Waals surface area contributed by atoms with Crippen molar-refractivity contribution in [2.45, 2.75) is 45.6 Å². The highest BCUT2D eigenvalue weighted by molar-refractivity contribution is 5.95. The zero-order valence-corrected chi connectivity index (χ0v) is 16.6. The number of carbonyl (C=O) groups excluding carboxylic acids is 3. The van der Waals surface area contributed by atoms with Crippen molar-refractivity contribution < 1.29 is 19.1 Å². The summed E-state index contributed by atoms with van der Waals surface area (Å²) in [4.78, 5) is 38.6. The first kappa shape index (κ1) is 19.9. The summed E-state index contributed by atoms with van der Waals surface area (Å²) in [5, 5.41) is 5.81. The van der Waals surface area contributed by atoms with Crippen molar-refractivity contribution in [3.63, 3.8) is 0 Å². The van der Waals surface area contributed by atoms with E-state index in [0.29, 0.717) is 23.5 Å². The predicted octanol–water partition coefficient (Wildman–Crippen LogP) is 3.35. The first-order valence-electron chi connectivity index (χ1n) is 9.74. The number of nitrogens with one attached hydrogen (secondary N) is 2. The maximum Gasteiger partial charge on any atom is 0.337 e. The largest absolute Gasteiger partial charge is 0.466 e. The molecule has 3 rings (SSSR count). The van der Waals surface area contributed by atoms with E-state index in [-0.39, 0.29) is 17.9 Å². The maximum absolute atomic E-state index is 12.6. The Hall–Kier alpha value is -2.83. The Kier molecular flexibility index (Phi) is 6.02. The summed E-state index contributed by atoms with van der Waals surface area (Å²) < 4.78 is 4.98. The monoisotopic (exact) mass is 385 g/mol. The van der Waals surface area contributed by atoms with Crippen molar-refractivity contribution in [2.75, 3.05) is 19.0 Å². The van der Waals surface area contributed by atoms with Gasteiger partial charge in [0.25, 0.3) is 0 Å². The zero-order valence-electron chi connectivity index (χ0n) is 16.6. The van der Waals surface area contributed by atoms with Crippen LogP contribution in [0.25, 0.3) is 0 Å². The topological polar surface area (TPSA) is 87.7 Å². The number of urea groups is 1. The summed E-state index contributed by atoms with van der Waals surface area (Å²) in [5.74, 6) is -0.297. The van der Waals surface area contributed by atoms with Gasteiger partial charge in [0.2, 0.25) is 5.91 Å². The van der Waals surface area contributed by atoms with Crippen molar-refractivity contribution in [3.05, 3.63) is 41.1 Å². The molecule has 1 aromatic rings. The lowest BCUT2D eigenvalue weighted by molar-refractivity contribution is -0.136. The fourth-order valence-electron chi connectivity index (χ4n) is 3.34. The van der Waals surface area contributed by atoms with E-state index < -0.39 is 12.0 Å². The molecule has 1 aliphatic heterocycles. The van der Waals surface area contributed by atoms with E-state index in [9.17, 15) is 14.4 Å². The molecule has 2 aliphatic rings. The van der Waals surface area contributed by atoms with Crippen LogP contribution in [0.15, 0.2) is 35.5 Å². The predicted molar refractivity (Wildman–Crippen MR) is 105 cm³/mol.